The standard InChI is InChI=1S/C16H22N2O4/c1-11(22-14-9-5-4-8-13(14)21-3)16(20)18-10-6-7-12(18)15(19)17-2/h4-5,8-9,11-12H,6-7,10H2,1-3H3,(H,17,19)/t11?,12-/m1/s1. The van der Waals surface area contributed by atoms with Gasteiger partial charge >= 0.3 is 0 Å². The van der Waals surface area contributed by atoms with Gasteiger partial charge in [0.15, 0.2) is 17.6 Å². The Labute approximate surface area is 130 Å². The Bertz CT molecular complexity index is 547. The number of benzene rings is 1. The molecule has 0 saturated carbocycles. The van der Waals surface area contributed by atoms with Gasteiger partial charge in [-0.1, -0.05) is 12.1 Å². The van der Waals surface area contributed by atoms with E-state index in [-0.39, 0.29) is 11.8 Å². The highest BCUT2D eigenvalue weighted by molar-refractivity contribution is 5.89. The van der Waals surface area contributed by atoms with E-state index in [1.807, 2.05) is 12.1 Å². The lowest BCUT2D eigenvalue weighted by molar-refractivity contribution is -0.143. The van der Waals surface area contributed by atoms with Crippen molar-refractivity contribution in [3.05, 3.63) is 24.3 Å². The highest BCUT2D eigenvalue weighted by Crippen LogP contribution is 2.28. The Morgan fingerprint density at radius 1 is 1.32 bits per heavy atom. The number of hydrogen-bond donors (Lipinski definition) is 1. The minimum absolute atomic E-state index is 0.129. The molecule has 0 aromatic heterocycles. The van der Waals surface area contributed by atoms with Gasteiger partial charge in [-0.2, -0.15) is 0 Å². The van der Waals surface area contributed by atoms with Gasteiger partial charge in [-0.05, 0) is 31.9 Å². The maximum absolute atomic E-state index is 12.6. The van der Waals surface area contributed by atoms with Gasteiger partial charge in [0.05, 0.1) is 7.11 Å². The Morgan fingerprint density at radius 3 is 2.64 bits per heavy atom. The van der Waals surface area contributed by atoms with Crippen LogP contribution in [0.4, 0.5) is 0 Å². The van der Waals surface area contributed by atoms with Crippen LogP contribution in [0, 0.1) is 0 Å². The lowest BCUT2D eigenvalue weighted by Gasteiger charge is -2.26. The Kier molecular flexibility index (Phi) is 5.25. The number of methoxy groups -OCH3 is 1. The van der Waals surface area contributed by atoms with Crippen molar-refractivity contribution in [1.82, 2.24) is 10.2 Å². The number of nitrogens with one attached hydrogen (secondary N) is 1. The second-order valence-corrected chi connectivity index (χ2v) is 5.21. The van der Waals surface area contributed by atoms with Gasteiger partial charge in [0.2, 0.25) is 5.91 Å². The smallest absolute Gasteiger partial charge is 0.264 e. The predicted octanol–water partition coefficient (Wildman–Crippen LogP) is 1.20. The number of likely N-dealkylation sites (N-methyl/N-ethyl adjacent to an activating group) is 1. The van der Waals surface area contributed by atoms with Crippen LogP contribution in [0.25, 0.3) is 0 Å². The molecule has 6 heteroatoms. The summed E-state index contributed by atoms with van der Waals surface area (Å²) in [5.41, 5.74) is 0. The quantitative estimate of drug-likeness (QED) is 0.887. The van der Waals surface area contributed by atoms with Crippen molar-refractivity contribution in [3.8, 4) is 11.5 Å². The van der Waals surface area contributed by atoms with E-state index in [2.05, 4.69) is 5.32 Å². The zero-order chi connectivity index (χ0) is 16.1. The minimum atomic E-state index is -0.679. The summed E-state index contributed by atoms with van der Waals surface area (Å²) in [6.45, 7) is 2.27. The van der Waals surface area contributed by atoms with E-state index in [1.165, 1.54) is 0 Å². The molecular weight excluding hydrogens is 284 g/mol. The normalized spacial score (nSPS) is 18.7. The van der Waals surface area contributed by atoms with E-state index in [9.17, 15) is 9.59 Å². The third-order valence-electron chi connectivity index (χ3n) is 3.81. The summed E-state index contributed by atoms with van der Waals surface area (Å²) < 4.78 is 10.9. The fourth-order valence-corrected chi connectivity index (χ4v) is 2.66. The average Bonchev–Trinajstić information content (AvgIpc) is 3.03. The molecule has 1 heterocycles. The molecule has 1 aromatic carbocycles. The third-order valence-corrected chi connectivity index (χ3v) is 3.81. The number of ether oxygens (including phenoxy) is 2. The third kappa shape index (κ3) is 3.32. The molecule has 1 saturated heterocycles. The van der Waals surface area contributed by atoms with Gasteiger partial charge in [-0.15, -0.1) is 0 Å². The molecule has 1 aromatic rings. The average molecular weight is 306 g/mol. The van der Waals surface area contributed by atoms with Crippen LogP contribution in [0.1, 0.15) is 19.8 Å². The molecule has 0 spiro atoms. The summed E-state index contributed by atoms with van der Waals surface area (Å²) in [7, 11) is 3.13. The topological polar surface area (TPSA) is 67.9 Å². The van der Waals surface area contributed by atoms with Gasteiger partial charge in [0, 0.05) is 13.6 Å². The van der Waals surface area contributed by atoms with Gasteiger partial charge in [0.25, 0.3) is 5.91 Å². The first-order valence-corrected chi connectivity index (χ1v) is 7.40. The van der Waals surface area contributed by atoms with Crippen LogP contribution in [0.5, 0.6) is 11.5 Å². The predicted molar refractivity (Wildman–Crippen MR) is 81.9 cm³/mol. The lowest BCUT2D eigenvalue weighted by atomic mass is 10.2. The first-order valence-electron chi connectivity index (χ1n) is 7.40. The summed E-state index contributed by atoms with van der Waals surface area (Å²) in [5.74, 6) is 0.778. The lowest BCUT2D eigenvalue weighted by Crippen LogP contribution is -2.49. The van der Waals surface area contributed by atoms with Gasteiger partial charge in [-0.25, -0.2) is 0 Å². The molecule has 2 atom stereocenters. The summed E-state index contributed by atoms with van der Waals surface area (Å²) in [6, 6.07) is 6.78. The minimum Gasteiger partial charge on any atom is -0.493 e. The molecule has 1 unspecified atom stereocenters. The Morgan fingerprint density at radius 2 is 2.00 bits per heavy atom. The summed E-state index contributed by atoms with van der Waals surface area (Å²) >= 11 is 0. The second kappa shape index (κ2) is 7.15. The van der Waals surface area contributed by atoms with E-state index in [0.29, 0.717) is 24.5 Å². The number of para-hydroxylation sites is 2. The second-order valence-electron chi connectivity index (χ2n) is 5.21. The van der Waals surface area contributed by atoms with Crippen LogP contribution in [0.3, 0.4) is 0 Å². The molecule has 2 amide bonds. The molecule has 1 aliphatic heterocycles. The Hall–Kier alpha value is -2.24. The van der Waals surface area contributed by atoms with Crippen LogP contribution >= 0.6 is 0 Å². The van der Waals surface area contributed by atoms with Crippen molar-refractivity contribution in [1.29, 1.82) is 0 Å². The van der Waals surface area contributed by atoms with Crippen molar-refractivity contribution in [2.45, 2.75) is 31.9 Å². The van der Waals surface area contributed by atoms with E-state index in [4.69, 9.17) is 9.47 Å². The molecule has 120 valence electrons. The molecular formula is C16H22N2O4. The molecule has 1 N–H and O–H groups in total. The highest BCUT2D eigenvalue weighted by atomic mass is 16.5. The fraction of sp³-hybridized carbons (Fsp3) is 0.500. The number of rotatable bonds is 5. The van der Waals surface area contributed by atoms with Crippen LogP contribution < -0.4 is 14.8 Å². The summed E-state index contributed by atoms with van der Waals surface area (Å²) in [6.07, 6.45) is 0.833. The van der Waals surface area contributed by atoms with Crippen molar-refractivity contribution >= 4 is 11.8 Å². The van der Waals surface area contributed by atoms with E-state index < -0.39 is 12.1 Å². The van der Waals surface area contributed by atoms with Crippen LogP contribution in [0.15, 0.2) is 24.3 Å². The molecule has 0 bridgehead atoms. The summed E-state index contributed by atoms with van der Waals surface area (Å²) in [5, 5.41) is 2.60. The number of hydrogen-bond acceptors (Lipinski definition) is 4. The Balaban J connectivity index is 2.07. The largest absolute Gasteiger partial charge is 0.493 e. The van der Waals surface area contributed by atoms with Crippen molar-refractivity contribution in [3.63, 3.8) is 0 Å². The molecule has 0 aliphatic carbocycles. The maximum atomic E-state index is 12.6. The number of likely N-dealkylation sites (tertiary alicyclic amines) is 1. The molecule has 1 fully saturated rings. The first kappa shape index (κ1) is 16.1. The fourth-order valence-electron chi connectivity index (χ4n) is 2.66. The zero-order valence-corrected chi connectivity index (χ0v) is 13.2. The van der Waals surface area contributed by atoms with Gasteiger partial charge < -0.3 is 19.7 Å². The monoisotopic (exact) mass is 306 g/mol. The van der Waals surface area contributed by atoms with Crippen molar-refractivity contribution < 1.29 is 19.1 Å². The number of nitrogens with zero attached hydrogens (tertiary/aromatic N) is 1. The molecule has 0 radical (unpaired) electrons. The van der Waals surface area contributed by atoms with E-state index >= 15 is 0 Å². The molecule has 1 aliphatic rings. The van der Waals surface area contributed by atoms with Gasteiger partial charge in [0.1, 0.15) is 6.04 Å². The zero-order valence-electron chi connectivity index (χ0n) is 13.2. The van der Waals surface area contributed by atoms with E-state index in [1.54, 1.807) is 38.1 Å². The number of carbonyl (C=O) groups excluding carboxylic acids is 2. The summed E-state index contributed by atoms with van der Waals surface area (Å²) in [4.78, 5) is 26.0. The number of carbonyl (C=O) groups is 2. The molecule has 2 rings (SSSR count). The van der Waals surface area contributed by atoms with E-state index in [0.717, 1.165) is 6.42 Å². The van der Waals surface area contributed by atoms with Gasteiger partial charge in [-0.3, -0.25) is 9.59 Å². The highest BCUT2D eigenvalue weighted by Gasteiger charge is 2.36. The molecule has 6 nitrogen and oxygen atoms in total. The van der Waals surface area contributed by atoms with Crippen molar-refractivity contribution in [2.75, 3.05) is 20.7 Å². The van der Waals surface area contributed by atoms with Crippen LogP contribution in [-0.2, 0) is 9.59 Å². The maximum Gasteiger partial charge on any atom is 0.264 e. The van der Waals surface area contributed by atoms with Crippen LogP contribution in [0.2, 0.25) is 0 Å². The molecule has 22 heavy (non-hydrogen) atoms. The van der Waals surface area contributed by atoms with Crippen molar-refractivity contribution in [2.24, 2.45) is 0 Å². The SMILES string of the molecule is CNC(=O)[C@H]1CCCN1C(=O)C(C)Oc1ccccc1OC. The van der Waals surface area contributed by atoms with Crippen LogP contribution in [-0.4, -0.2) is 49.6 Å². The first-order chi connectivity index (χ1) is 10.6. The number of amides is 2.